The van der Waals surface area contributed by atoms with Crippen molar-refractivity contribution in [3.8, 4) is 17.2 Å². The maximum absolute atomic E-state index is 13.5. The number of ether oxygens (including phenoxy) is 2. The van der Waals surface area contributed by atoms with Crippen LogP contribution in [0.3, 0.4) is 0 Å². The summed E-state index contributed by atoms with van der Waals surface area (Å²) < 4.78 is 13.1. The number of carbonyl (C=O) groups is 1. The van der Waals surface area contributed by atoms with E-state index in [1.54, 1.807) is 0 Å². The van der Waals surface area contributed by atoms with Gasteiger partial charge in [0.15, 0.2) is 5.75 Å². The van der Waals surface area contributed by atoms with Crippen molar-refractivity contribution in [2.24, 2.45) is 0 Å². The van der Waals surface area contributed by atoms with Crippen LogP contribution in [0.4, 0.5) is 0 Å². The fraction of sp³-hybridized carbons (Fsp3) is 0.222. The van der Waals surface area contributed by atoms with Crippen LogP contribution in [-0.2, 0) is 0 Å². The molecule has 0 spiro atoms. The largest absolute Gasteiger partial charge is 0.492 e. The van der Waals surface area contributed by atoms with Crippen LogP contribution < -0.4 is 14.8 Å². The highest BCUT2D eigenvalue weighted by Gasteiger charge is 2.23. The smallest absolute Gasteiger partial charge is 0.207 e. The average Bonchev–Trinajstić information content (AvgIpc) is 3.16. The zero-order valence-corrected chi connectivity index (χ0v) is 19.4. The fourth-order valence-corrected chi connectivity index (χ4v) is 4.69. The van der Waals surface area contributed by atoms with Crippen LogP contribution in [0.25, 0.3) is 10.1 Å². The molecule has 4 rings (SSSR count). The van der Waals surface area contributed by atoms with E-state index < -0.39 is 0 Å². The number of thiophene rings is 1. The van der Waals surface area contributed by atoms with E-state index in [2.05, 4.69) is 12.2 Å². The number of aryl methyl sites for hydroxylation is 2. The summed E-state index contributed by atoms with van der Waals surface area (Å²) >= 11 is 1.47. The number of carbonyl (C=O) groups excluding carboxylic acids is 1. The normalized spacial score (nSPS) is 11.0. The van der Waals surface area contributed by atoms with Gasteiger partial charge < -0.3 is 14.8 Å². The lowest BCUT2D eigenvalue weighted by atomic mass is 10.0. The molecule has 0 aliphatic heterocycles. The van der Waals surface area contributed by atoms with Crippen LogP contribution in [0, 0.1) is 13.8 Å². The number of rotatable bonds is 9. The topological polar surface area (TPSA) is 47.6 Å². The van der Waals surface area contributed by atoms with Crippen LogP contribution in [0.2, 0.25) is 0 Å². The summed E-state index contributed by atoms with van der Waals surface area (Å²) in [6.07, 6.45) is 0. The number of ketones is 1. The van der Waals surface area contributed by atoms with E-state index in [4.69, 9.17) is 9.47 Å². The van der Waals surface area contributed by atoms with Gasteiger partial charge in [-0.15, -0.1) is 11.3 Å². The standard InChI is InChI=1S/C27H27NO3S/c1-4-28-15-16-30-20-10-12-21(13-11-20)31-26-23-7-5-6-8-24(23)32-27(26)25(29)22-14-9-18(2)17-19(22)3/h5-14,17,28H,4,15-16H2,1-3H3. The SMILES string of the molecule is CCNCCOc1ccc(Oc2c(C(=O)c3ccc(C)cc3C)sc3ccccc23)cc1. The lowest BCUT2D eigenvalue weighted by Gasteiger charge is -2.10. The first-order valence-electron chi connectivity index (χ1n) is 10.8. The van der Waals surface area contributed by atoms with E-state index in [9.17, 15) is 4.79 Å². The first-order chi connectivity index (χ1) is 15.6. The van der Waals surface area contributed by atoms with Gasteiger partial charge in [-0.05, 0) is 62.4 Å². The maximum atomic E-state index is 13.5. The van der Waals surface area contributed by atoms with Crippen molar-refractivity contribution >= 4 is 27.2 Å². The van der Waals surface area contributed by atoms with Crippen molar-refractivity contribution in [2.45, 2.75) is 20.8 Å². The Labute approximate surface area is 192 Å². The molecule has 5 heteroatoms. The van der Waals surface area contributed by atoms with Crippen LogP contribution >= 0.6 is 11.3 Å². The van der Waals surface area contributed by atoms with Gasteiger partial charge in [0.1, 0.15) is 23.0 Å². The third kappa shape index (κ3) is 4.85. The molecule has 1 heterocycles. The Morgan fingerprint density at radius 1 is 0.969 bits per heavy atom. The molecule has 4 aromatic rings. The zero-order valence-electron chi connectivity index (χ0n) is 18.6. The molecule has 0 radical (unpaired) electrons. The Morgan fingerprint density at radius 2 is 1.72 bits per heavy atom. The number of nitrogens with one attached hydrogen (secondary N) is 1. The highest BCUT2D eigenvalue weighted by Crippen LogP contribution is 2.41. The highest BCUT2D eigenvalue weighted by atomic mass is 32.1. The zero-order chi connectivity index (χ0) is 22.5. The van der Waals surface area contributed by atoms with Crippen molar-refractivity contribution in [1.82, 2.24) is 5.32 Å². The molecule has 0 aliphatic carbocycles. The molecule has 0 saturated heterocycles. The Kier molecular flexibility index (Phi) is 6.88. The maximum Gasteiger partial charge on any atom is 0.207 e. The number of fused-ring (bicyclic) bond motifs is 1. The van der Waals surface area contributed by atoms with Crippen LogP contribution in [-0.4, -0.2) is 25.5 Å². The number of benzene rings is 3. The van der Waals surface area contributed by atoms with Crippen LogP contribution in [0.1, 0.15) is 33.3 Å². The third-order valence-corrected chi connectivity index (χ3v) is 6.37. The van der Waals surface area contributed by atoms with Gasteiger partial charge in [-0.25, -0.2) is 0 Å². The van der Waals surface area contributed by atoms with Gasteiger partial charge in [0.25, 0.3) is 0 Å². The van der Waals surface area contributed by atoms with E-state index in [-0.39, 0.29) is 5.78 Å². The lowest BCUT2D eigenvalue weighted by Crippen LogP contribution is -2.20. The monoisotopic (exact) mass is 445 g/mol. The minimum Gasteiger partial charge on any atom is -0.492 e. The summed E-state index contributed by atoms with van der Waals surface area (Å²) in [5.74, 6) is 2.05. The van der Waals surface area contributed by atoms with E-state index in [1.807, 2.05) is 80.6 Å². The molecule has 0 bridgehead atoms. The minimum atomic E-state index is -0.0120. The van der Waals surface area contributed by atoms with Crippen molar-refractivity contribution in [2.75, 3.05) is 19.7 Å². The first-order valence-corrected chi connectivity index (χ1v) is 11.6. The molecule has 1 aromatic heterocycles. The van der Waals surface area contributed by atoms with Gasteiger partial charge in [-0.2, -0.15) is 0 Å². The molecule has 0 atom stereocenters. The molecule has 3 aromatic carbocycles. The van der Waals surface area contributed by atoms with Gasteiger partial charge in [0.05, 0.1) is 0 Å². The molecule has 0 unspecified atom stereocenters. The molecule has 0 aliphatic rings. The quantitative estimate of drug-likeness (QED) is 0.235. The van der Waals surface area contributed by atoms with Gasteiger partial charge in [-0.3, -0.25) is 4.79 Å². The van der Waals surface area contributed by atoms with E-state index >= 15 is 0 Å². The highest BCUT2D eigenvalue weighted by molar-refractivity contribution is 7.21. The molecular weight excluding hydrogens is 418 g/mol. The van der Waals surface area contributed by atoms with Gasteiger partial charge in [-0.1, -0.05) is 42.8 Å². The second-order valence-corrected chi connectivity index (χ2v) is 8.73. The Morgan fingerprint density at radius 3 is 2.47 bits per heavy atom. The summed E-state index contributed by atoms with van der Waals surface area (Å²) in [6, 6.07) is 21.4. The Bertz CT molecular complexity index is 1230. The predicted molar refractivity (Wildman–Crippen MR) is 132 cm³/mol. The van der Waals surface area contributed by atoms with E-state index in [0.717, 1.165) is 40.1 Å². The molecular formula is C27H27NO3S. The summed E-state index contributed by atoms with van der Waals surface area (Å²) in [6.45, 7) is 8.41. The molecule has 32 heavy (non-hydrogen) atoms. The molecule has 0 fully saturated rings. The van der Waals surface area contributed by atoms with E-state index in [1.165, 1.54) is 11.3 Å². The van der Waals surface area contributed by atoms with Crippen LogP contribution in [0.15, 0.2) is 66.7 Å². The summed E-state index contributed by atoms with van der Waals surface area (Å²) in [5.41, 5.74) is 2.81. The Balaban J connectivity index is 1.63. The van der Waals surface area contributed by atoms with Crippen molar-refractivity contribution in [3.05, 3.63) is 88.3 Å². The Hall–Kier alpha value is -3.15. The second-order valence-electron chi connectivity index (χ2n) is 7.68. The number of hydrogen-bond acceptors (Lipinski definition) is 5. The molecule has 4 nitrogen and oxygen atoms in total. The summed E-state index contributed by atoms with van der Waals surface area (Å²) in [5, 5.41) is 4.17. The predicted octanol–water partition coefficient (Wildman–Crippen LogP) is 6.53. The lowest BCUT2D eigenvalue weighted by molar-refractivity contribution is 0.104. The third-order valence-electron chi connectivity index (χ3n) is 5.22. The number of likely N-dealkylation sites (N-methyl/N-ethyl adjacent to an activating group) is 1. The average molecular weight is 446 g/mol. The van der Waals surface area contributed by atoms with Gasteiger partial charge in [0.2, 0.25) is 5.78 Å². The molecule has 164 valence electrons. The number of hydrogen-bond donors (Lipinski definition) is 1. The fourth-order valence-electron chi connectivity index (χ4n) is 3.60. The van der Waals surface area contributed by atoms with Gasteiger partial charge in [0, 0.05) is 22.2 Å². The van der Waals surface area contributed by atoms with E-state index in [0.29, 0.717) is 28.5 Å². The van der Waals surface area contributed by atoms with Gasteiger partial charge >= 0.3 is 0 Å². The molecule has 0 saturated carbocycles. The summed E-state index contributed by atoms with van der Waals surface area (Å²) in [4.78, 5) is 14.1. The summed E-state index contributed by atoms with van der Waals surface area (Å²) in [7, 11) is 0. The molecule has 1 N–H and O–H groups in total. The minimum absolute atomic E-state index is 0.0120. The van der Waals surface area contributed by atoms with Crippen molar-refractivity contribution < 1.29 is 14.3 Å². The van der Waals surface area contributed by atoms with Crippen molar-refractivity contribution in [3.63, 3.8) is 0 Å². The first kappa shape index (κ1) is 22.1. The second kappa shape index (κ2) is 9.98. The molecule has 0 amide bonds. The van der Waals surface area contributed by atoms with Crippen molar-refractivity contribution in [1.29, 1.82) is 0 Å². The van der Waals surface area contributed by atoms with Crippen LogP contribution in [0.5, 0.6) is 17.2 Å².